The molecule has 1 heterocycles. The van der Waals surface area contributed by atoms with Crippen molar-refractivity contribution >= 4 is 10.0 Å². The van der Waals surface area contributed by atoms with E-state index in [1.54, 1.807) is 6.07 Å². The second-order valence-corrected chi connectivity index (χ2v) is 8.60. The van der Waals surface area contributed by atoms with Crippen LogP contribution in [0.4, 0.5) is 0 Å². The van der Waals surface area contributed by atoms with E-state index in [4.69, 9.17) is 4.52 Å². The molecule has 27 heavy (non-hydrogen) atoms. The highest BCUT2D eigenvalue weighted by Gasteiger charge is 2.15. The summed E-state index contributed by atoms with van der Waals surface area (Å²) in [6.45, 7) is 6.11. The first-order valence-corrected chi connectivity index (χ1v) is 10.4. The zero-order valence-electron chi connectivity index (χ0n) is 15.6. The van der Waals surface area contributed by atoms with E-state index in [0.717, 1.165) is 16.7 Å². The fraction of sp³-hybridized carbons (Fsp3) is 0.300. The van der Waals surface area contributed by atoms with Gasteiger partial charge in [0.1, 0.15) is 0 Å². The number of aryl methyl sites for hydroxylation is 1. The minimum atomic E-state index is -3.50. The van der Waals surface area contributed by atoms with Gasteiger partial charge in [-0.05, 0) is 29.5 Å². The molecule has 142 valence electrons. The fourth-order valence-electron chi connectivity index (χ4n) is 2.66. The first kappa shape index (κ1) is 19.3. The topological polar surface area (TPSA) is 85.1 Å². The first-order chi connectivity index (χ1) is 12.8. The average molecular weight is 385 g/mol. The van der Waals surface area contributed by atoms with Gasteiger partial charge in [0.2, 0.25) is 21.7 Å². The Morgan fingerprint density at radius 1 is 1.07 bits per heavy atom. The molecule has 6 nitrogen and oxygen atoms in total. The number of hydrogen-bond acceptors (Lipinski definition) is 5. The summed E-state index contributed by atoms with van der Waals surface area (Å²) in [5, 5.41) is 3.94. The van der Waals surface area contributed by atoms with Crippen molar-refractivity contribution in [3.05, 3.63) is 71.1 Å². The Kier molecular flexibility index (Phi) is 5.72. The molecule has 0 saturated carbocycles. The van der Waals surface area contributed by atoms with Crippen molar-refractivity contribution in [3.63, 3.8) is 0 Å². The molecule has 3 aromatic rings. The lowest BCUT2D eigenvalue weighted by Crippen LogP contribution is -2.25. The summed E-state index contributed by atoms with van der Waals surface area (Å²) in [7, 11) is -3.50. The number of aromatic nitrogens is 2. The third-order valence-corrected chi connectivity index (χ3v) is 5.63. The standard InChI is InChI=1S/C20H23N3O3S/c1-14(2)16-8-10-17(11-9-16)20-22-19(26-23-20)12-21-27(24,25)13-18-7-5-4-6-15(18)3/h4-11,14,21H,12-13H2,1-3H3. The summed E-state index contributed by atoms with van der Waals surface area (Å²) >= 11 is 0. The normalized spacial score (nSPS) is 11.9. The monoisotopic (exact) mass is 385 g/mol. The van der Waals surface area contributed by atoms with Crippen molar-refractivity contribution in [1.29, 1.82) is 0 Å². The molecule has 0 fully saturated rings. The minimum absolute atomic E-state index is 0.0364. The highest BCUT2D eigenvalue weighted by Crippen LogP contribution is 2.20. The van der Waals surface area contributed by atoms with E-state index in [1.165, 1.54) is 5.56 Å². The molecule has 7 heteroatoms. The van der Waals surface area contributed by atoms with Gasteiger partial charge in [0, 0.05) is 5.56 Å². The average Bonchev–Trinajstić information content (AvgIpc) is 3.11. The summed E-state index contributed by atoms with van der Waals surface area (Å²) in [5.41, 5.74) is 3.76. The SMILES string of the molecule is Cc1ccccc1CS(=O)(=O)NCc1nc(-c2ccc(C(C)C)cc2)no1. The van der Waals surface area contributed by atoms with Gasteiger partial charge in [-0.25, -0.2) is 13.1 Å². The van der Waals surface area contributed by atoms with Crippen LogP contribution in [0.25, 0.3) is 11.4 Å². The largest absolute Gasteiger partial charge is 0.338 e. The van der Waals surface area contributed by atoms with Crippen molar-refractivity contribution in [2.45, 2.75) is 39.0 Å². The molecule has 1 aromatic heterocycles. The molecule has 2 aromatic carbocycles. The minimum Gasteiger partial charge on any atom is -0.338 e. The van der Waals surface area contributed by atoms with E-state index in [-0.39, 0.29) is 18.2 Å². The van der Waals surface area contributed by atoms with E-state index in [1.807, 2.05) is 49.4 Å². The predicted octanol–water partition coefficient (Wildman–Crippen LogP) is 3.79. The summed E-state index contributed by atoms with van der Waals surface area (Å²) in [6.07, 6.45) is 0. The summed E-state index contributed by atoms with van der Waals surface area (Å²) in [4.78, 5) is 4.28. The van der Waals surface area contributed by atoms with Crippen LogP contribution in [0, 0.1) is 6.92 Å². The summed E-state index contributed by atoms with van der Waals surface area (Å²) < 4.78 is 32.3. The molecule has 0 saturated heterocycles. The molecular weight excluding hydrogens is 362 g/mol. The zero-order chi connectivity index (χ0) is 19.4. The Labute approximate surface area is 159 Å². The molecule has 3 rings (SSSR count). The maximum atomic E-state index is 12.3. The molecule has 0 amide bonds. The van der Waals surface area contributed by atoms with Crippen molar-refractivity contribution < 1.29 is 12.9 Å². The first-order valence-electron chi connectivity index (χ1n) is 8.79. The fourth-order valence-corrected chi connectivity index (χ4v) is 3.84. The molecule has 0 aliphatic heterocycles. The van der Waals surface area contributed by atoms with Gasteiger partial charge in [-0.1, -0.05) is 67.5 Å². The second kappa shape index (κ2) is 8.02. The van der Waals surface area contributed by atoms with E-state index in [9.17, 15) is 8.42 Å². The lowest BCUT2D eigenvalue weighted by Gasteiger charge is -2.07. The van der Waals surface area contributed by atoms with Crippen LogP contribution in [-0.4, -0.2) is 18.6 Å². The van der Waals surface area contributed by atoms with Gasteiger partial charge >= 0.3 is 0 Å². The third kappa shape index (κ3) is 5.02. The predicted molar refractivity (Wildman–Crippen MR) is 104 cm³/mol. The van der Waals surface area contributed by atoms with Gasteiger partial charge in [0.25, 0.3) is 0 Å². The molecule has 0 unspecified atom stereocenters. The number of nitrogens with zero attached hydrogens (tertiary/aromatic N) is 2. The number of nitrogens with one attached hydrogen (secondary N) is 1. The van der Waals surface area contributed by atoms with E-state index < -0.39 is 10.0 Å². The third-order valence-electron chi connectivity index (χ3n) is 4.35. The lowest BCUT2D eigenvalue weighted by atomic mass is 10.0. The molecule has 0 radical (unpaired) electrons. The van der Waals surface area contributed by atoms with Gasteiger partial charge in [-0.15, -0.1) is 0 Å². The maximum absolute atomic E-state index is 12.3. The van der Waals surface area contributed by atoms with E-state index in [0.29, 0.717) is 11.7 Å². The van der Waals surface area contributed by atoms with E-state index >= 15 is 0 Å². The van der Waals surface area contributed by atoms with Crippen LogP contribution in [0.1, 0.15) is 42.3 Å². The smallest absolute Gasteiger partial charge is 0.242 e. The Morgan fingerprint density at radius 2 is 1.78 bits per heavy atom. The number of hydrogen-bond donors (Lipinski definition) is 1. The molecule has 0 spiro atoms. The van der Waals surface area contributed by atoms with Crippen LogP contribution < -0.4 is 4.72 Å². The lowest BCUT2D eigenvalue weighted by molar-refractivity contribution is 0.376. The van der Waals surface area contributed by atoms with Gasteiger partial charge in [-0.2, -0.15) is 4.98 Å². The van der Waals surface area contributed by atoms with Gasteiger partial charge in [0.15, 0.2) is 0 Å². The number of sulfonamides is 1. The molecule has 0 bridgehead atoms. The number of benzene rings is 2. The molecule has 0 aliphatic rings. The van der Waals surface area contributed by atoms with Crippen LogP contribution >= 0.6 is 0 Å². The Balaban J connectivity index is 1.64. The van der Waals surface area contributed by atoms with Crippen LogP contribution in [0.3, 0.4) is 0 Å². The Morgan fingerprint density at radius 3 is 2.44 bits per heavy atom. The van der Waals surface area contributed by atoms with Crippen molar-refractivity contribution in [1.82, 2.24) is 14.9 Å². The Hall–Kier alpha value is -2.51. The van der Waals surface area contributed by atoms with Crippen LogP contribution in [0.2, 0.25) is 0 Å². The molecule has 0 atom stereocenters. The summed E-state index contributed by atoms with van der Waals surface area (Å²) in [5.74, 6) is 1.03. The van der Waals surface area contributed by atoms with Crippen LogP contribution in [-0.2, 0) is 22.3 Å². The number of rotatable bonds is 7. The molecular formula is C20H23N3O3S. The van der Waals surface area contributed by atoms with Crippen molar-refractivity contribution in [2.75, 3.05) is 0 Å². The van der Waals surface area contributed by atoms with Gasteiger partial charge in [0.05, 0.1) is 12.3 Å². The maximum Gasteiger partial charge on any atom is 0.242 e. The van der Waals surface area contributed by atoms with Crippen molar-refractivity contribution in [3.8, 4) is 11.4 Å². The van der Waals surface area contributed by atoms with Crippen LogP contribution in [0.5, 0.6) is 0 Å². The molecule has 0 aliphatic carbocycles. The van der Waals surface area contributed by atoms with Crippen molar-refractivity contribution in [2.24, 2.45) is 0 Å². The quantitative estimate of drug-likeness (QED) is 0.669. The molecule has 1 N–H and O–H groups in total. The highest BCUT2D eigenvalue weighted by atomic mass is 32.2. The zero-order valence-corrected chi connectivity index (χ0v) is 16.5. The Bertz CT molecular complexity index is 1010. The highest BCUT2D eigenvalue weighted by molar-refractivity contribution is 7.88. The van der Waals surface area contributed by atoms with Gasteiger partial charge < -0.3 is 4.52 Å². The summed E-state index contributed by atoms with van der Waals surface area (Å²) in [6, 6.07) is 15.3. The van der Waals surface area contributed by atoms with Crippen LogP contribution in [0.15, 0.2) is 53.1 Å². The van der Waals surface area contributed by atoms with E-state index in [2.05, 4.69) is 28.7 Å². The second-order valence-electron chi connectivity index (χ2n) is 6.80. The van der Waals surface area contributed by atoms with Gasteiger partial charge in [-0.3, -0.25) is 0 Å².